The molecule has 2 aromatic carbocycles. The summed E-state index contributed by atoms with van der Waals surface area (Å²) in [4.78, 5) is 27.8. The monoisotopic (exact) mass is 441 g/mol. The summed E-state index contributed by atoms with van der Waals surface area (Å²) in [5.74, 6) is -0.652. The van der Waals surface area contributed by atoms with Crippen molar-refractivity contribution in [3.05, 3.63) is 75.9 Å². The molecule has 1 aliphatic heterocycles. The molecule has 1 aliphatic rings. The van der Waals surface area contributed by atoms with E-state index >= 15 is 0 Å². The topological polar surface area (TPSA) is 70.7 Å². The zero-order valence-corrected chi connectivity index (χ0v) is 18.5. The Kier molecular flexibility index (Phi) is 8.64. The lowest BCUT2D eigenvalue weighted by molar-refractivity contribution is -0.117. The quantitative estimate of drug-likeness (QED) is 0.487. The molecule has 0 saturated carbocycles. The summed E-state index contributed by atoms with van der Waals surface area (Å²) in [7, 11) is 0. The first kappa shape index (κ1) is 23.0. The van der Waals surface area contributed by atoms with Crippen molar-refractivity contribution < 1.29 is 14.3 Å². The number of morpholine rings is 1. The van der Waals surface area contributed by atoms with E-state index < -0.39 is 0 Å². The van der Waals surface area contributed by atoms with E-state index in [9.17, 15) is 9.59 Å². The van der Waals surface area contributed by atoms with Gasteiger partial charge in [-0.15, -0.1) is 0 Å². The number of carbonyl (C=O) groups excluding carboxylic acids is 2. The molecule has 164 valence electrons. The van der Waals surface area contributed by atoms with Crippen LogP contribution in [0.3, 0.4) is 0 Å². The highest BCUT2D eigenvalue weighted by molar-refractivity contribution is 6.30. The van der Waals surface area contributed by atoms with E-state index in [0.717, 1.165) is 50.4 Å². The standard InChI is InChI=1S/C24H28ClN3O3/c1-18-3-7-20(8-4-18)23(29)27-22(17-19-5-9-21(25)10-6-19)24(30)26-11-2-12-28-13-15-31-16-14-28/h3-10,17H,2,11-16H2,1H3,(H,26,30)(H,27,29). The normalized spacial score (nSPS) is 14.8. The molecule has 0 radical (unpaired) electrons. The molecule has 0 aliphatic carbocycles. The maximum Gasteiger partial charge on any atom is 0.267 e. The zero-order chi connectivity index (χ0) is 22.1. The van der Waals surface area contributed by atoms with Gasteiger partial charge in [0.15, 0.2) is 0 Å². The minimum absolute atomic E-state index is 0.194. The van der Waals surface area contributed by atoms with Crippen LogP contribution in [-0.2, 0) is 9.53 Å². The van der Waals surface area contributed by atoms with Crippen LogP contribution < -0.4 is 10.6 Å². The van der Waals surface area contributed by atoms with Crippen LogP contribution in [0.25, 0.3) is 6.08 Å². The predicted octanol–water partition coefficient (Wildman–Crippen LogP) is 3.26. The summed E-state index contributed by atoms with van der Waals surface area (Å²) in [6, 6.07) is 14.3. The van der Waals surface area contributed by atoms with Crippen LogP contribution in [0.4, 0.5) is 0 Å². The van der Waals surface area contributed by atoms with E-state index in [-0.39, 0.29) is 17.5 Å². The Morgan fingerprint density at radius 2 is 1.74 bits per heavy atom. The summed E-state index contributed by atoms with van der Waals surface area (Å²) in [6.07, 6.45) is 2.48. The highest BCUT2D eigenvalue weighted by Crippen LogP contribution is 2.13. The van der Waals surface area contributed by atoms with Crippen LogP contribution in [-0.4, -0.2) is 56.1 Å². The summed E-state index contributed by atoms with van der Waals surface area (Å²) < 4.78 is 5.35. The van der Waals surface area contributed by atoms with Crippen molar-refractivity contribution >= 4 is 29.5 Å². The van der Waals surface area contributed by atoms with Gasteiger partial charge in [-0.3, -0.25) is 14.5 Å². The fourth-order valence-corrected chi connectivity index (χ4v) is 3.33. The molecule has 2 N–H and O–H groups in total. The molecule has 31 heavy (non-hydrogen) atoms. The van der Waals surface area contributed by atoms with Crippen molar-refractivity contribution in [3.8, 4) is 0 Å². The Morgan fingerprint density at radius 1 is 1.06 bits per heavy atom. The summed E-state index contributed by atoms with van der Waals surface area (Å²) in [5.41, 5.74) is 2.52. The van der Waals surface area contributed by atoms with Crippen LogP contribution in [0.15, 0.2) is 54.2 Å². The average Bonchev–Trinajstić information content (AvgIpc) is 2.78. The van der Waals surface area contributed by atoms with Crippen LogP contribution in [0.1, 0.15) is 27.9 Å². The van der Waals surface area contributed by atoms with Gasteiger partial charge in [0.2, 0.25) is 0 Å². The molecule has 3 rings (SSSR count). The van der Waals surface area contributed by atoms with Crippen molar-refractivity contribution in [2.45, 2.75) is 13.3 Å². The van der Waals surface area contributed by atoms with Crippen molar-refractivity contribution in [1.82, 2.24) is 15.5 Å². The number of nitrogens with zero attached hydrogens (tertiary/aromatic N) is 1. The first-order valence-corrected chi connectivity index (χ1v) is 10.8. The fourth-order valence-electron chi connectivity index (χ4n) is 3.21. The Labute approximate surface area is 188 Å². The third kappa shape index (κ3) is 7.51. The van der Waals surface area contributed by atoms with Crippen molar-refractivity contribution in [1.29, 1.82) is 0 Å². The molecule has 1 heterocycles. The Hall–Kier alpha value is -2.67. The number of amides is 2. The van der Waals surface area contributed by atoms with E-state index in [1.165, 1.54) is 0 Å². The smallest absolute Gasteiger partial charge is 0.267 e. The summed E-state index contributed by atoms with van der Waals surface area (Å²) >= 11 is 5.95. The van der Waals surface area contributed by atoms with E-state index in [1.807, 2.05) is 19.1 Å². The van der Waals surface area contributed by atoms with Gasteiger partial charge in [0.25, 0.3) is 11.8 Å². The number of halogens is 1. The van der Waals surface area contributed by atoms with Crippen molar-refractivity contribution in [3.63, 3.8) is 0 Å². The maximum atomic E-state index is 12.8. The molecule has 2 aromatic rings. The van der Waals surface area contributed by atoms with Crippen molar-refractivity contribution in [2.75, 3.05) is 39.4 Å². The molecule has 0 atom stereocenters. The maximum absolute atomic E-state index is 12.8. The van der Waals surface area contributed by atoms with Gasteiger partial charge < -0.3 is 15.4 Å². The van der Waals surface area contributed by atoms with Gasteiger partial charge in [0, 0.05) is 30.2 Å². The minimum atomic E-state index is -0.330. The molecule has 6 nitrogen and oxygen atoms in total. The average molecular weight is 442 g/mol. The third-order valence-electron chi connectivity index (χ3n) is 5.03. The number of nitrogens with one attached hydrogen (secondary N) is 2. The molecule has 0 unspecified atom stereocenters. The number of rotatable bonds is 8. The second-order valence-corrected chi connectivity index (χ2v) is 7.93. The van der Waals surface area contributed by atoms with Gasteiger partial charge in [0.05, 0.1) is 13.2 Å². The Bertz CT molecular complexity index is 905. The molecule has 1 fully saturated rings. The SMILES string of the molecule is Cc1ccc(C(=O)NC(=Cc2ccc(Cl)cc2)C(=O)NCCCN2CCOCC2)cc1. The van der Waals surface area contributed by atoms with Gasteiger partial charge in [-0.25, -0.2) is 0 Å². The largest absolute Gasteiger partial charge is 0.379 e. The molecular weight excluding hydrogens is 414 g/mol. The molecule has 1 saturated heterocycles. The lowest BCUT2D eigenvalue weighted by Crippen LogP contribution is -2.39. The van der Waals surface area contributed by atoms with Gasteiger partial charge in [-0.1, -0.05) is 41.4 Å². The van der Waals surface area contributed by atoms with Crippen LogP contribution >= 0.6 is 11.6 Å². The third-order valence-corrected chi connectivity index (χ3v) is 5.28. The molecule has 0 bridgehead atoms. The Balaban J connectivity index is 1.64. The fraction of sp³-hybridized carbons (Fsp3) is 0.333. The lowest BCUT2D eigenvalue weighted by Gasteiger charge is -2.26. The van der Waals surface area contributed by atoms with Crippen LogP contribution in [0.2, 0.25) is 5.02 Å². The molecule has 2 amide bonds. The van der Waals surface area contributed by atoms with Gasteiger partial charge in [-0.2, -0.15) is 0 Å². The number of hydrogen-bond donors (Lipinski definition) is 2. The van der Waals surface area contributed by atoms with Crippen LogP contribution in [0.5, 0.6) is 0 Å². The first-order valence-electron chi connectivity index (χ1n) is 10.4. The molecule has 0 spiro atoms. The highest BCUT2D eigenvalue weighted by atomic mass is 35.5. The summed E-state index contributed by atoms with van der Waals surface area (Å²) in [6.45, 7) is 6.73. The minimum Gasteiger partial charge on any atom is -0.379 e. The zero-order valence-electron chi connectivity index (χ0n) is 17.7. The number of benzene rings is 2. The predicted molar refractivity (Wildman–Crippen MR) is 123 cm³/mol. The number of hydrogen-bond acceptors (Lipinski definition) is 4. The molecule has 0 aromatic heterocycles. The van der Waals surface area contributed by atoms with Gasteiger partial charge >= 0.3 is 0 Å². The summed E-state index contributed by atoms with van der Waals surface area (Å²) in [5, 5.41) is 6.28. The van der Waals surface area contributed by atoms with Gasteiger partial charge in [0.1, 0.15) is 5.70 Å². The lowest BCUT2D eigenvalue weighted by atomic mass is 10.1. The van der Waals surface area contributed by atoms with E-state index in [2.05, 4.69) is 15.5 Å². The molecular formula is C24H28ClN3O3. The number of ether oxygens (including phenoxy) is 1. The highest BCUT2D eigenvalue weighted by Gasteiger charge is 2.15. The Morgan fingerprint density at radius 3 is 2.42 bits per heavy atom. The van der Waals surface area contributed by atoms with Crippen molar-refractivity contribution in [2.24, 2.45) is 0 Å². The van der Waals surface area contributed by atoms with E-state index in [0.29, 0.717) is 17.1 Å². The van der Waals surface area contributed by atoms with E-state index in [1.54, 1.807) is 42.5 Å². The first-order chi connectivity index (χ1) is 15.0. The van der Waals surface area contributed by atoms with Gasteiger partial charge in [-0.05, 0) is 55.8 Å². The number of aryl methyl sites for hydroxylation is 1. The molecule has 7 heteroatoms. The second-order valence-electron chi connectivity index (χ2n) is 7.49. The number of carbonyl (C=O) groups is 2. The van der Waals surface area contributed by atoms with Crippen LogP contribution in [0, 0.1) is 6.92 Å². The van der Waals surface area contributed by atoms with E-state index in [4.69, 9.17) is 16.3 Å². The second kappa shape index (κ2) is 11.6.